The van der Waals surface area contributed by atoms with Gasteiger partial charge in [-0.25, -0.2) is 8.42 Å². The lowest BCUT2D eigenvalue weighted by Gasteiger charge is -2.21. The summed E-state index contributed by atoms with van der Waals surface area (Å²) in [4.78, 5) is 12.9. The van der Waals surface area contributed by atoms with E-state index in [1.165, 1.54) is 0 Å². The summed E-state index contributed by atoms with van der Waals surface area (Å²) in [6.07, 6.45) is 0. The third kappa shape index (κ3) is 3.86. The molecule has 0 saturated carbocycles. The molecule has 0 aliphatic carbocycles. The van der Waals surface area contributed by atoms with Crippen LogP contribution in [-0.4, -0.2) is 37.8 Å². The number of rotatable bonds is 7. The van der Waals surface area contributed by atoms with Crippen molar-refractivity contribution in [2.75, 3.05) is 22.7 Å². The quantitative estimate of drug-likeness (QED) is 0.801. The number of sulfonamides is 1. The van der Waals surface area contributed by atoms with Crippen molar-refractivity contribution in [3.8, 4) is 0 Å². The monoisotopic (exact) mass is 300 g/mol. The molecule has 0 amide bonds. The van der Waals surface area contributed by atoms with E-state index < -0.39 is 21.2 Å². The molecule has 0 heterocycles. The molecule has 0 aromatic heterocycles. The molecule has 0 aliphatic rings. The highest BCUT2D eigenvalue weighted by Gasteiger charge is 2.27. The van der Waals surface area contributed by atoms with Crippen molar-refractivity contribution >= 4 is 27.4 Å². The molecule has 1 rings (SSSR count). The second kappa shape index (κ2) is 6.60. The normalized spacial score (nSPS) is 12.8. The van der Waals surface area contributed by atoms with Crippen molar-refractivity contribution in [3.05, 3.63) is 24.3 Å². The molecule has 7 heteroatoms. The first-order valence-electron chi connectivity index (χ1n) is 6.41. The molecule has 1 aromatic carbocycles. The number of hydrogen-bond donors (Lipinski definition) is 2. The molecule has 0 bridgehead atoms. The minimum atomic E-state index is -3.92. The van der Waals surface area contributed by atoms with E-state index in [1.54, 1.807) is 24.3 Å². The Morgan fingerprint density at radius 3 is 2.15 bits per heavy atom. The van der Waals surface area contributed by atoms with Crippen LogP contribution in [0.5, 0.6) is 0 Å². The summed E-state index contributed by atoms with van der Waals surface area (Å²) in [5, 5.41) is 7.26. The van der Waals surface area contributed by atoms with E-state index in [9.17, 15) is 13.2 Å². The highest BCUT2D eigenvalue weighted by molar-refractivity contribution is 7.94. The van der Waals surface area contributed by atoms with Gasteiger partial charge in [0.25, 0.3) is 0 Å². The summed E-state index contributed by atoms with van der Waals surface area (Å²) in [5.41, 5.74) is 1.35. The number of aliphatic carboxylic acids is 1. The lowest BCUT2D eigenvalue weighted by molar-refractivity contribution is -0.136. The molecule has 112 valence electrons. The molecule has 1 atom stereocenters. The minimum absolute atomic E-state index is 0.356. The van der Waals surface area contributed by atoms with Gasteiger partial charge >= 0.3 is 5.97 Å². The fourth-order valence-corrected chi connectivity index (χ4v) is 2.62. The van der Waals surface area contributed by atoms with Gasteiger partial charge in [0, 0.05) is 24.5 Å². The number of nitrogens with zero attached hydrogens (tertiary/aromatic N) is 1. The number of nitrogens with one attached hydrogen (secondary N) is 1. The lowest BCUT2D eigenvalue weighted by Crippen LogP contribution is -2.32. The zero-order chi connectivity index (χ0) is 15.3. The van der Waals surface area contributed by atoms with E-state index in [0.29, 0.717) is 5.69 Å². The maximum atomic E-state index is 11.8. The molecule has 0 radical (unpaired) electrons. The fraction of sp³-hybridized carbons (Fsp3) is 0.462. The molecule has 1 aromatic rings. The van der Waals surface area contributed by atoms with Crippen molar-refractivity contribution in [1.82, 2.24) is 0 Å². The Labute approximate surface area is 119 Å². The van der Waals surface area contributed by atoms with Crippen LogP contribution in [-0.2, 0) is 14.8 Å². The SMILES string of the molecule is CCN(CC)c1ccc(NS(=O)(=O)C(C)C(=O)O)cc1. The van der Waals surface area contributed by atoms with Crippen LogP contribution in [0.25, 0.3) is 0 Å². The van der Waals surface area contributed by atoms with Gasteiger partial charge < -0.3 is 10.0 Å². The fourth-order valence-electron chi connectivity index (χ4n) is 1.71. The van der Waals surface area contributed by atoms with Crippen molar-refractivity contribution in [1.29, 1.82) is 0 Å². The average Bonchev–Trinajstić information content (AvgIpc) is 2.40. The first kappa shape index (κ1) is 16.3. The lowest BCUT2D eigenvalue weighted by atomic mass is 10.2. The summed E-state index contributed by atoms with van der Waals surface area (Å²) in [7, 11) is -3.92. The minimum Gasteiger partial charge on any atom is -0.480 e. The van der Waals surface area contributed by atoms with Gasteiger partial charge in [0.05, 0.1) is 0 Å². The van der Waals surface area contributed by atoms with Crippen molar-refractivity contribution in [2.45, 2.75) is 26.0 Å². The molecule has 20 heavy (non-hydrogen) atoms. The average molecular weight is 300 g/mol. The molecule has 1 unspecified atom stereocenters. The third-order valence-electron chi connectivity index (χ3n) is 3.07. The van der Waals surface area contributed by atoms with E-state index in [0.717, 1.165) is 25.7 Å². The summed E-state index contributed by atoms with van der Waals surface area (Å²) in [5.74, 6) is -1.38. The first-order chi connectivity index (χ1) is 9.31. The van der Waals surface area contributed by atoms with Gasteiger partial charge in [-0.05, 0) is 45.0 Å². The van der Waals surface area contributed by atoms with E-state index in [2.05, 4.69) is 9.62 Å². The molecule has 0 aliphatic heterocycles. The number of carbonyl (C=O) groups is 1. The highest BCUT2D eigenvalue weighted by atomic mass is 32.2. The van der Waals surface area contributed by atoms with Crippen LogP contribution < -0.4 is 9.62 Å². The Morgan fingerprint density at radius 1 is 1.25 bits per heavy atom. The Hall–Kier alpha value is -1.76. The number of carboxylic acid groups (broad SMARTS) is 1. The standard InChI is InChI=1S/C13H20N2O4S/c1-4-15(5-2)12-8-6-11(7-9-12)14-20(18,19)10(3)13(16)17/h6-10,14H,4-5H2,1-3H3,(H,16,17). The van der Waals surface area contributed by atoms with Crippen LogP contribution in [0.1, 0.15) is 20.8 Å². The Bertz CT molecular complexity index is 550. The topological polar surface area (TPSA) is 86.7 Å². The van der Waals surface area contributed by atoms with Crippen molar-refractivity contribution in [3.63, 3.8) is 0 Å². The molecule has 0 spiro atoms. The summed E-state index contributed by atoms with van der Waals surface area (Å²) < 4.78 is 25.8. The van der Waals surface area contributed by atoms with Gasteiger partial charge in [0.15, 0.2) is 5.25 Å². The van der Waals surface area contributed by atoms with E-state index in [-0.39, 0.29) is 0 Å². The van der Waals surface area contributed by atoms with Gasteiger partial charge in [-0.3, -0.25) is 9.52 Å². The Balaban J connectivity index is 2.88. The predicted molar refractivity (Wildman–Crippen MR) is 79.6 cm³/mol. The second-order valence-electron chi connectivity index (χ2n) is 4.35. The van der Waals surface area contributed by atoms with Crippen molar-refractivity contribution < 1.29 is 18.3 Å². The van der Waals surface area contributed by atoms with Crippen LogP contribution in [0.3, 0.4) is 0 Å². The maximum Gasteiger partial charge on any atom is 0.323 e. The van der Waals surface area contributed by atoms with E-state index in [4.69, 9.17) is 5.11 Å². The van der Waals surface area contributed by atoms with Gasteiger partial charge in [-0.1, -0.05) is 0 Å². The van der Waals surface area contributed by atoms with Gasteiger partial charge in [-0.2, -0.15) is 0 Å². The van der Waals surface area contributed by atoms with Gasteiger partial charge in [0.1, 0.15) is 0 Å². The Morgan fingerprint density at radius 2 is 1.75 bits per heavy atom. The van der Waals surface area contributed by atoms with Crippen LogP contribution in [0.15, 0.2) is 24.3 Å². The largest absolute Gasteiger partial charge is 0.480 e. The zero-order valence-corrected chi connectivity index (χ0v) is 12.6. The molecule has 6 nitrogen and oxygen atoms in total. The van der Waals surface area contributed by atoms with E-state index >= 15 is 0 Å². The van der Waals surface area contributed by atoms with Crippen LogP contribution >= 0.6 is 0 Å². The number of anilines is 2. The number of carboxylic acids is 1. The summed E-state index contributed by atoms with van der Waals surface area (Å²) in [6.45, 7) is 6.92. The Kier molecular flexibility index (Phi) is 5.38. The predicted octanol–water partition coefficient (Wildman–Crippen LogP) is 1.75. The van der Waals surface area contributed by atoms with Crippen molar-refractivity contribution in [2.24, 2.45) is 0 Å². The smallest absolute Gasteiger partial charge is 0.323 e. The van der Waals surface area contributed by atoms with E-state index in [1.807, 2.05) is 13.8 Å². The second-order valence-corrected chi connectivity index (χ2v) is 6.35. The van der Waals surface area contributed by atoms with Crippen LogP contribution in [0, 0.1) is 0 Å². The zero-order valence-electron chi connectivity index (χ0n) is 11.8. The summed E-state index contributed by atoms with van der Waals surface area (Å²) >= 11 is 0. The van der Waals surface area contributed by atoms with Crippen LogP contribution in [0.4, 0.5) is 11.4 Å². The number of benzene rings is 1. The first-order valence-corrected chi connectivity index (χ1v) is 7.95. The molecule has 2 N–H and O–H groups in total. The third-order valence-corrected chi connectivity index (χ3v) is 4.72. The summed E-state index contributed by atoms with van der Waals surface area (Å²) in [6, 6.07) is 6.85. The van der Waals surface area contributed by atoms with Gasteiger partial charge in [-0.15, -0.1) is 0 Å². The molecular formula is C13H20N2O4S. The molecule has 0 saturated heterocycles. The van der Waals surface area contributed by atoms with Gasteiger partial charge in [0.2, 0.25) is 10.0 Å². The molecular weight excluding hydrogens is 280 g/mol. The van der Waals surface area contributed by atoms with Crippen LogP contribution in [0.2, 0.25) is 0 Å². The highest BCUT2D eigenvalue weighted by Crippen LogP contribution is 2.19. The maximum absolute atomic E-state index is 11.8. The molecule has 0 fully saturated rings. The number of hydrogen-bond acceptors (Lipinski definition) is 4.